The van der Waals surface area contributed by atoms with Gasteiger partial charge >= 0.3 is 0 Å². The van der Waals surface area contributed by atoms with Gasteiger partial charge in [-0.15, -0.1) is 0 Å². The van der Waals surface area contributed by atoms with Crippen LogP contribution >= 0.6 is 28.1 Å². The summed E-state index contributed by atoms with van der Waals surface area (Å²) in [5.74, 6) is -0.136. The fourth-order valence-electron chi connectivity index (χ4n) is 3.84. The van der Waals surface area contributed by atoms with Crippen LogP contribution in [0, 0.1) is 6.92 Å². The first kappa shape index (κ1) is 17.4. The van der Waals surface area contributed by atoms with Crippen LogP contribution < -0.4 is 10.6 Å². The van der Waals surface area contributed by atoms with Gasteiger partial charge in [-0.05, 0) is 55.5 Å². The standard InChI is InChI=1S/C20H14BrN5OS/c1-10-13(7-11-3-2-6-22-17(11)23-10)16-9-20(26-19(28)25-16)14-8-12(21)4-5-15(14)24-18(20)27/h2-8H,9H2,1H3,(H,24,27)(H,26,28). The molecular weight excluding hydrogens is 438 g/mol. The average Bonchev–Trinajstić information content (AvgIpc) is 2.91. The van der Waals surface area contributed by atoms with Gasteiger partial charge in [-0.2, -0.15) is 0 Å². The van der Waals surface area contributed by atoms with E-state index in [9.17, 15) is 4.79 Å². The molecule has 5 rings (SSSR count). The molecule has 1 amide bonds. The summed E-state index contributed by atoms with van der Waals surface area (Å²) in [7, 11) is 0. The second kappa shape index (κ2) is 6.15. The third-order valence-electron chi connectivity index (χ3n) is 5.16. The minimum absolute atomic E-state index is 0.136. The molecule has 1 aromatic carbocycles. The molecule has 0 radical (unpaired) electrons. The highest BCUT2D eigenvalue weighted by Crippen LogP contribution is 2.42. The van der Waals surface area contributed by atoms with E-state index in [0.717, 1.165) is 38.1 Å². The highest BCUT2D eigenvalue weighted by Gasteiger charge is 2.50. The molecule has 0 saturated heterocycles. The van der Waals surface area contributed by atoms with Crippen LogP contribution in [0.1, 0.15) is 23.2 Å². The fraction of sp³-hybridized carbons (Fsp3) is 0.150. The quantitative estimate of drug-likeness (QED) is 0.552. The van der Waals surface area contributed by atoms with Crippen molar-refractivity contribution < 1.29 is 4.79 Å². The van der Waals surface area contributed by atoms with Crippen molar-refractivity contribution in [3.63, 3.8) is 0 Å². The lowest BCUT2D eigenvalue weighted by Crippen LogP contribution is -2.54. The van der Waals surface area contributed by atoms with Gasteiger partial charge in [0.05, 0.1) is 5.71 Å². The zero-order valence-electron chi connectivity index (χ0n) is 14.8. The number of anilines is 1. The number of amides is 1. The lowest BCUT2D eigenvalue weighted by molar-refractivity contribution is -0.121. The molecule has 2 N–H and O–H groups in total. The Kier molecular flexibility index (Phi) is 3.82. The highest BCUT2D eigenvalue weighted by atomic mass is 79.9. The van der Waals surface area contributed by atoms with Gasteiger partial charge in [0.15, 0.2) is 16.3 Å². The van der Waals surface area contributed by atoms with Crippen LogP contribution in [0.2, 0.25) is 0 Å². The Balaban J connectivity index is 1.66. The number of carbonyl (C=O) groups excluding carboxylic acids is 1. The predicted molar refractivity (Wildman–Crippen MR) is 116 cm³/mol. The summed E-state index contributed by atoms with van der Waals surface area (Å²) in [5.41, 5.74) is 3.75. The van der Waals surface area contributed by atoms with Crippen molar-refractivity contribution in [2.45, 2.75) is 18.9 Å². The number of aromatic nitrogens is 2. The van der Waals surface area contributed by atoms with Crippen LogP contribution in [0.15, 0.2) is 52.1 Å². The maximum absolute atomic E-state index is 13.0. The molecule has 4 heterocycles. The summed E-state index contributed by atoms with van der Waals surface area (Å²) >= 11 is 8.92. The normalized spacial score (nSPS) is 20.7. The van der Waals surface area contributed by atoms with Gasteiger partial charge in [0.1, 0.15) is 0 Å². The van der Waals surface area contributed by atoms with Gasteiger partial charge in [0.25, 0.3) is 5.91 Å². The topological polar surface area (TPSA) is 79.3 Å². The van der Waals surface area contributed by atoms with Gasteiger partial charge in [0, 0.05) is 45.0 Å². The first-order valence-electron chi connectivity index (χ1n) is 8.70. The molecule has 6 nitrogen and oxygen atoms in total. The smallest absolute Gasteiger partial charge is 0.255 e. The van der Waals surface area contributed by atoms with Gasteiger partial charge < -0.3 is 10.6 Å². The minimum Gasteiger partial charge on any atom is -0.343 e. The fourth-order valence-corrected chi connectivity index (χ4v) is 4.49. The Labute approximate surface area is 174 Å². The number of thiocarbonyl (C=S) groups is 1. The van der Waals surface area contributed by atoms with E-state index in [1.807, 2.05) is 43.3 Å². The van der Waals surface area contributed by atoms with Crippen LogP contribution in [-0.4, -0.2) is 26.7 Å². The number of aliphatic imine (C=N–C) groups is 1. The molecule has 0 saturated carbocycles. The van der Waals surface area contributed by atoms with E-state index >= 15 is 0 Å². The van der Waals surface area contributed by atoms with Crippen molar-refractivity contribution in [2.75, 3.05) is 5.32 Å². The molecule has 2 aliphatic heterocycles. The predicted octanol–water partition coefficient (Wildman–Crippen LogP) is 3.62. The van der Waals surface area contributed by atoms with Crippen molar-refractivity contribution in [3.05, 3.63) is 63.9 Å². The molecule has 3 aromatic rings. The molecule has 2 aromatic heterocycles. The first-order valence-corrected chi connectivity index (χ1v) is 9.90. The summed E-state index contributed by atoms with van der Waals surface area (Å²) in [6.07, 6.45) is 2.09. The molecule has 1 atom stereocenters. The van der Waals surface area contributed by atoms with Crippen LogP contribution in [0.25, 0.3) is 11.0 Å². The summed E-state index contributed by atoms with van der Waals surface area (Å²) in [6.45, 7) is 1.92. The third-order valence-corrected chi connectivity index (χ3v) is 5.84. The highest BCUT2D eigenvalue weighted by molar-refractivity contribution is 9.10. The second-order valence-electron chi connectivity index (χ2n) is 6.89. The number of rotatable bonds is 1. The van der Waals surface area contributed by atoms with E-state index in [1.54, 1.807) is 6.20 Å². The van der Waals surface area contributed by atoms with E-state index in [2.05, 4.69) is 41.5 Å². The molecule has 138 valence electrons. The number of carbonyl (C=O) groups is 1. The molecule has 28 heavy (non-hydrogen) atoms. The third kappa shape index (κ3) is 2.56. The van der Waals surface area contributed by atoms with Crippen molar-refractivity contribution >= 4 is 61.6 Å². The van der Waals surface area contributed by atoms with Crippen LogP contribution in [-0.2, 0) is 10.3 Å². The van der Waals surface area contributed by atoms with Gasteiger partial charge in [-0.1, -0.05) is 15.9 Å². The molecular formula is C20H14BrN5OS. The number of halogens is 1. The molecule has 2 aliphatic rings. The van der Waals surface area contributed by atoms with Crippen molar-refractivity contribution in [1.82, 2.24) is 15.3 Å². The number of pyridine rings is 2. The number of nitrogens with zero attached hydrogens (tertiary/aromatic N) is 3. The maximum atomic E-state index is 13.0. The number of nitrogens with one attached hydrogen (secondary N) is 2. The zero-order valence-corrected chi connectivity index (χ0v) is 17.2. The van der Waals surface area contributed by atoms with Crippen molar-refractivity contribution in [2.24, 2.45) is 4.99 Å². The Morgan fingerprint density at radius 2 is 2.11 bits per heavy atom. The lowest BCUT2D eigenvalue weighted by atomic mass is 9.83. The zero-order chi connectivity index (χ0) is 19.5. The van der Waals surface area contributed by atoms with E-state index in [0.29, 0.717) is 12.1 Å². The molecule has 0 fully saturated rings. The van der Waals surface area contributed by atoms with Gasteiger partial charge in [0.2, 0.25) is 0 Å². The Hall–Kier alpha value is -2.71. The molecule has 0 bridgehead atoms. The number of hydrogen-bond acceptors (Lipinski definition) is 4. The monoisotopic (exact) mass is 451 g/mol. The molecule has 0 aliphatic carbocycles. The minimum atomic E-state index is -0.983. The first-order chi connectivity index (χ1) is 13.5. The van der Waals surface area contributed by atoms with E-state index in [-0.39, 0.29) is 11.0 Å². The summed E-state index contributed by atoms with van der Waals surface area (Å²) in [5, 5.41) is 7.33. The number of aryl methyl sites for hydroxylation is 1. The largest absolute Gasteiger partial charge is 0.343 e. The summed E-state index contributed by atoms with van der Waals surface area (Å²) in [4.78, 5) is 26.5. The number of hydrogen-bond donors (Lipinski definition) is 2. The number of benzene rings is 1. The van der Waals surface area contributed by atoms with E-state index < -0.39 is 5.54 Å². The Morgan fingerprint density at radius 1 is 1.25 bits per heavy atom. The summed E-state index contributed by atoms with van der Waals surface area (Å²) in [6, 6.07) is 11.6. The SMILES string of the molecule is Cc1nc2ncccc2cc1C1=NC(=S)NC2(C1)C(=O)Nc1ccc(Br)cc12. The molecule has 1 spiro atoms. The van der Waals surface area contributed by atoms with E-state index in [4.69, 9.17) is 12.2 Å². The van der Waals surface area contributed by atoms with Gasteiger partial charge in [-0.3, -0.25) is 4.79 Å². The summed E-state index contributed by atoms with van der Waals surface area (Å²) < 4.78 is 0.897. The molecule has 1 unspecified atom stereocenters. The van der Waals surface area contributed by atoms with Crippen molar-refractivity contribution in [1.29, 1.82) is 0 Å². The van der Waals surface area contributed by atoms with E-state index in [1.165, 1.54) is 0 Å². The number of fused-ring (bicyclic) bond motifs is 3. The van der Waals surface area contributed by atoms with Gasteiger partial charge in [-0.25, -0.2) is 15.0 Å². The second-order valence-corrected chi connectivity index (χ2v) is 8.19. The average molecular weight is 452 g/mol. The van der Waals surface area contributed by atoms with Crippen LogP contribution in [0.4, 0.5) is 5.69 Å². The van der Waals surface area contributed by atoms with Crippen LogP contribution in [0.3, 0.4) is 0 Å². The molecule has 8 heteroatoms. The lowest BCUT2D eigenvalue weighted by Gasteiger charge is -2.33. The van der Waals surface area contributed by atoms with Crippen molar-refractivity contribution in [3.8, 4) is 0 Å². The Morgan fingerprint density at radius 3 is 2.96 bits per heavy atom. The Bertz CT molecular complexity index is 1220. The maximum Gasteiger partial charge on any atom is 0.255 e. The van der Waals surface area contributed by atoms with Crippen LogP contribution in [0.5, 0.6) is 0 Å².